The van der Waals surface area contributed by atoms with Crippen LogP contribution in [0, 0.1) is 10.1 Å². The smallest absolute Gasteiger partial charge is 0.292 e. The Morgan fingerprint density at radius 2 is 2.25 bits per heavy atom. The molecular weight excluding hydrogens is 260 g/mol. The van der Waals surface area contributed by atoms with Crippen molar-refractivity contribution in [2.45, 2.75) is 12.5 Å². The molecule has 1 aromatic carbocycles. The fourth-order valence-electron chi connectivity index (χ4n) is 2.20. The number of amides is 1. The second-order valence-corrected chi connectivity index (χ2v) is 5.02. The molecule has 7 heteroatoms. The fourth-order valence-corrected chi connectivity index (χ4v) is 2.20. The predicted molar refractivity (Wildman–Crippen MR) is 76.0 cm³/mol. The van der Waals surface area contributed by atoms with E-state index in [-0.39, 0.29) is 17.6 Å². The minimum absolute atomic E-state index is 0.00722. The molecule has 1 atom stereocenters. The van der Waals surface area contributed by atoms with E-state index in [4.69, 9.17) is 0 Å². The van der Waals surface area contributed by atoms with Crippen molar-refractivity contribution in [2.75, 3.05) is 32.5 Å². The Morgan fingerprint density at radius 3 is 2.80 bits per heavy atom. The van der Waals surface area contributed by atoms with Gasteiger partial charge in [-0.2, -0.15) is 0 Å². The first-order chi connectivity index (χ1) is 9.49. The summed E-state index contributed by atoms with van der Waals surface area (Å²) in [6, 6.07) is 4.57. The van der Waals surface area contributed by atoms with Gasteiger partial charge in [0.2, 0.25) is 0 Å². The molecule has 1 amide bonds. The van der Waals surface area contributed by atoms with Crippen LogP contribution < -0.4 is 10.6 Å². The van der Waals surface area contributed by atoms with Crippen molar-refractivity contribution in [2.24, 2.45) is 0 Å². The standard InChI is InChI=1S/C13H18N4O3/c1-16(2)13(18)9-3-4-12(17(19)20)11(7-9)15-10-5-6-14-8-10/h3-4,7,10,14-15H,5-6,8H2,1-2H3. The average molecular weight is 278 g/mol. The number of rotatable bonds is 4. The molecule has 2 rings (SSSR count). The lowest BCUT2D eigenvalue weighted by atomic mass is 10.1. The Morgan fingerprint density at radius 1 is 1.50 bits per heavy atom. The van der Waals surface area contributed by atoms with Crippen molar-refractivity contribution in [3.8, 4) is 0 Å². The van der Waals surface area contributed by atoms with Gasteiger partial charge in [0.05, 0.1) is 4.92 Å². The maximum absolute atomic E-state index is 11.9. The summed E-state index contributed by atoms with van der Waals surface area (Å²) in [5.74, 6) is -0.174. The summed E-state index contributed by atoms with van der Waals surface area (Å²) in [4.78, 5) is 24.0. The van der Waals surface area contributed by atoms with Gasteiger partial charge in [-0.25, -0.2) is 0 Å². The number of hydrogen-bond acceptors (Lipinski definition) is 5. The van der Waals surface area contributed by atoms with Crippen LogP contribution in [-0.4, -0.2) is 49.0 Å². The van der Waals surface area contributed by atoms with Crippen LogP contribution in [-0.2, 0) is 0 Å². The molecule has 1 aliphatic heterocycles. The monoisotopic (exact) mass is 278 g/mol. The summed E-state index contributed by atoms with van der Waals surface area (Å²) in [6.45, 7) is 1.66. The molecule has 1 heterocycles. The first-order valence-corrected chi connectivity index (χ1v) is 6.46. The molecule has 1 fully saturated rings. The number of nitrogens with one attached hydrogen (secondary N) is 2. The van der Waals surface area contributed by atoms with Crippen LogP contribution in [0.1, 0.15) is 16.8 Å². The average Bonchev–Trinajstić information content (AvgIpc) is 2.90. The first-order valence-electron chi connectivity index (χ1n) is 6.46. The molecule has 1 aromatic rings. The molecule has 0 saturated carbocycles. The Kier molecular flexibility index (Phi) is 4.19. The number of hydrogen-bond donors (Lipinski definition) is 2. The van der Waals surface area contributed by atoms with E-state index < -0.39 is 4.92 Å². The number of nitrogens with zero attached hydrogens (tertiary/aromatic N) is 2. The zero-order valence-electron chi connectivity index (χ0n) is 11.5. The van der Waals surface area contributed by atoms with Gasteiger partial charge < -0.3 is 15.5 Å². The molecule has 0 aliphatic carbocycles. The van der Waals surface area contributed by atoms with Gasteiger partial charge in [-0.15, -0.1) is 0 Å². The molecule has 0 bridgehead atoms. The van der Waals surface area contributed by atoms with Gasteiger partial charge in [0, 0.05) is 38.3 Å². The molecule has 1 aliphatic rings. The number of nitro benzene ring substituents is 1. The topological polar surface area (TPSA) is 87.5 Å². The van der Waals surface area contributed by atoms with Gasteiger partial charge in [-0.3, -0.25) is 14.9 Å². The SMILES string of the molecule is CN(C)C(=O)c1ccc([N+](=O)[O-])c(NC2CCNC2)c1. The van der Waals surface area contributed by atoms with Gasteiger partial charge in [0.1, 0.15) is 5.69 Å². The van der Waals surface area contributed by atoms with Gasteiger partial charge in [-0.05, 0) is 25.1 Å². The quantitative estimate of drug-likeness (QED) is 0.635. The predicted octanol–water partition coefficient (Wildman–Crippen LogP) is 1.07. The highest BCUT2D eigenvalue weighted by atomic mass is 16.6. The normalized spacial score (nSPS) is 17.8. The molecule has 1 unspecified atom stereocenters. The Hall–Kier alpha value is -2.15. The van der Waals surface area contributed by atoms with Crippen LogP contribution in [0.3, 0.4) is 0 Å². The summed E-state index contributed by atoms with van der Waals surface area (Å²) in [7, 11) is 3.30. The highest BCUT2D eigenvalue weighted by molar-refractivity contribution is 5.95. The highest BCUT2D eigenvalue weighted by Gasteiger charge is 2.21. The maximum Gasteiger partial charge on any atom is 0.292 e. The molecule has 20 heavy (non-hydrogen) atoms. The summed E-state index contributed by atoms with van der Waals surface area (Å²) in [5.41, 5.74) is 0.831. The number of benzene rings is 1. The van der Waals surface area contributed by atoms with E-state index in [1.54, 1.807) is 20.2 Å². The van der Waals surface area contributed by atoms with Crippen molar-refractivity contribution in [3.05, 3.63) is 33.9 Å². The van der Waals surface area contributed by atoms with Gasteiger partial charge >= 0.3 is 0 Å². The second kappa shape index (κ2) is 5.87. The Balaban J connectivity index is 2.31. The molecule has 108 valence electrons. The lowest BCUT2D eigenvalue weighted by Crippen LogP contribution is -2.24. The molecule has 2 N–H and O–H groups in total. The Bertz CT molecular complexity index is 524. The molecule has 1 saturated heterocycles. The number of anilines is 1. The third-order valence-corrected chi connectivity index (χ3v) is 3.27. The number of carbonyl (C=O) groups is 1. The Labute approximate surface area is 117 Å². The highest BCUT2D eigenvalue weighted by Crippen LogP contribution is 2.27. The van der Waals surface area contributed by atoms with Crippen LogP contribution in [0.4, 0.5) is 11.4 Å². The molecule has 0 aromatic heterocycles. The molecule has 0 radical (unpaired) electrons. The number of carbonyl (C=O) groups excluding carboxylic acids is 1. The zero-order chi connectivity index (χ0) is 14.7. The second-order valence-electron chi connectivity index (χ2n) is 5.02. The van der Waals surface area contributed by atoms with Crippen LogP contribution in [0.15, 0.2) is 18.2 Å². The summed E-state index contributed by atoms with van der Waals surface area (Å²) in [5, 5.41) is 17.4. The van der Waals surface area contributed by atoms with Crippen molar-refractivity contribution < 1.29 is 9.72 Å². The van der Waals surface area contributed by atoms with E-state index in [2.05, 4.69) is 10.6 Å². The van der Waals surface area contributed by atoms with E-state index in [1.807, 2.05) is 0 Å². The van der Waals surface area contributed by atoms with E-state index in [1.165, 1.54) is 17.0 Å². The summed E-state index contributed by atoms with van der Waals surface area (Å²) >= 11 is 0. The lowest BCUT2D eigenvalue weighted by molar-refractivity contribution is -0.384. The first kappa shape index (κ1) is 14.3. The van der Waals surface area contributed by atoms with E-state index >= 15 is 0 Å². The van der Waals surface area contributed by atoms with Gasteiger partial charge in [-0.1, -0.05) is 0 Å². The summed E-state index contributed by atoms with van der Waals surface area (Å²) in [6.07, 6.45) is 0.906. The van der Waals surface area contributed by atoms with Gasteiger partial charge in [0.25, 0.3) is 11.6 Å². The van der Waals surface area contributed by atoms with Crippen molar-refractivity contribution in [1.82, 2.24) is 10.2 Å². The maximum atomic E-state index is 11.9. The van der Waals surface area contributed by atoms with Crippen molar-refractivity contribution >= 4 is 17.3 Å². The summed E-state index contributed by atoms with van der Waals surface area (Å²) < 4.78 is 0. The molecular formula is C13H18N4O3. The van der Waals surface area contributed by atoms with Crippen LogP contribution in [0.2, 0.25) is 0 Å². The van der Waals surface area contributed by atoms with Crippen molar-refractivity contribution in [1.29, 1.82) is 0 Å². The van der Waals surface area contributed by atoms with Crippen LogP contribution >= 0.6 is 0 Å². The fraction of sp³-hybridized carbons (Fsp3) is 0.462. The minimum Gasteiger partial charge on any atom is -0.375 e. The molecule has 7 nitrogen and oxygen atoms in total. The van der Waals surface area contributed by atoms with Crippen LogP contribution in [0.5, 0.6) is 0 Å². The minimum atomic E-state index is -0.436. The largest absolute Gasteiger partial charge is 0.375 e. The third kappa shape index (κ3) is 3.05. The van der Waals surface area contributed by atoms with E-state index in [9.17, 15) is 14.9 Å². The third-order valence-electron chi connectivity index (χ3n) is 3.27. The van der Waals surface area contributed by atoms with E-state index in [0.29, 0.717) is 11.3 Å². The molecule has 0 spiro atoms. The lowest BCUT2D eigenvalue weighted by Gasteiger charge is -2.15. The number of nitro groups is 1. The zero-order valence-corrected chi connectivity index (χ0v) is 11.5. The van der Waals surface area contributed by atoms with E-state index in [0.717, 1.165) is 19.5 Å². The van der Waals surface area contributed by atoms with Gasteiger partial charge in [0.15, 0.2) is 0 Å². The van der Waals surface area contributed by atoms with Crippen molar-refractivity contribution in [3.63, 3.8) is 0 Å². The van der Waals surface area contributed by atoms with Crippen LogP contribution in [0.25, 0.3) is 0 Å².